The Morgan fingerprint density at radius 3 is 2.76 bits per heavy atom. The molecule has 0 amide bonds. The van der Waals surface area contributed by atoms with E-state index in [2.05, 4.69) is 40.0 Å². The van der Waals surface area contributed by atoms with E-state index in [9.17, 15) is 0 Å². The van der Waals surface area contributed by atoms with Crippen LogP contribution in [0.15, 0.2) is 42.7 Å². The molecule has 0 unspecified atom stereocenters. The lowest BCUT2D eigenvalue weighted by Gasteiger charge is -2.13. The number of benzene rings is 2. The minimum atomic E-state index is 0.655. The van der Waals surface area contributed by atoms with Gasteiger partial charge in [0.1, 0.15) is 0 Å². The second-order valence-electron chi connectivity index (χ2n) is 6.00. The van der Waals surface area contributed by atoms with Crippen LogP contribution in [0, 0.1) is 0 Å². The molecule has 0 saturated carbocycles. The van der Waals surface area contributed by atoms with Crippen molar-refractivity contribution in [3.05, 3.63) is 48.3 Å². The third kappa shape index (κ3) is 3.71. The Morgan fingerprint density at radius 1 is 1.12 bits per heavy atom. The second kappa shape index (κ2) is 7.92. The molecule has 132 valence electrons. The van der Waals surface area contributed by atoms with Crippen molar-refractivity contribution in [3.63, 3.8) is 0 Å². The molecule has 1 heterocycles. The fourth-order valence-corrected chi connectivity index (χ4v) is 2.97. The number of methoxy groups -OCH3 is 2. The summed E-state index contributed by atoms with van der Waals surface area (Å²) >= 11 is 0. The van der Waals surface area contributed by atoms with Crippen LogP contribution in [-0.4, -0.2) is 23.8 Å². The van der Waals surface area contributed by atoms with E-state index in [4.69, 9.17) is 9.47 Å². The maximum Gasteiger partial charge on any atom is 0.165 e. The average molecular weight is 339 g/mol. The molecule has 0 atom stereocenters. The first-order chi connectivity index (χ1) is 12.3. The Hall–Kier alpha value is -2.69. The van der Waals surface area contributed by atoms with E-state index < -0.39 is 0 Å². The molecule has 5 heteroatoms. The molecule has 0 bridgehead atoms. The fraction of sp³-hybridized carbons (Fsp3) is 0.350. The van der Waals surface area contributed by atoms with E-state index in [1.807, 2.05) is 24.5 Å². The van der Waals surface area contributed by atoms with Crippen molar-refractivity contribution < 1.29 is 9.47 Å². The molecule has 0 aliphatic carbocycles. The van der Waals surface area contributed by atoms with E-state index in [1.54, 1.807) is 14.2 Å². The Bertz CT molecular complexity index is 842. The topological polar surface area (TPSA) is 48.3 Å². The van der Waals surface area contributed by atoms with Crippen molar-refractivity contribution in [2.24, 2.45) is 0 Å². The van der Waals surface area contributed by atoms with Crippen molar-refractivity contribution in [1.29, 1.82) is 0 Å². The maximum atomic E-state index is 5.49. The van der Waals surface area contributed by atoms with Crippen LogP contribution in [0.5, 0.6) is 11.5 Å². The number of nitrogens with one attached hydrogen (secondary N) is 1. The summed E-state index contributed by atoms with van der Waals surface area (Å²) in [5.74, 6) is 1.51. The first kappa shape index (κ1) is 17.1. The molecular formula is C20H25N3O2. The minimum Gasteiger partial charge on any atom is -0.493 e. The third-order valence-corrected chi connectivity index (χ3v) is 4.34. The monoisotopic (exact) mass is 339 g/mol. The van der Waals surface area contributed by atoms with Gasteiger partial charge in [0, 0.05) is 24.3 Å². The average Bonchev–Trinajstić information content (AvgIpc) is 3.06. The van der Waals surface area contributed by atoms with Crippen molar-refractivity contribution in [3.8, 4) is 11.5 Å². The lowest BCUT2D eigenvalue weighted by Crippen LogP contribution is -2.03. The number of nitrogens with zero attached hydrogens (tertiary/aromatic N) is 2. The van der Waals surface area contributed by atoms with Gasteiger partial charge in [0.25, 0.3) is 0 Å². The number of fused-ring (bicyclic) bond motifs is 1. The molecule has 0 radical (unpaired) electrons. The zero-order valence-corrected chi connectivity index (χ0v) is 15.1. The van der Waals surface area contributed by atoms with E-state index in [1.165, 1.54) is 18.4 Å². The van der Waals surface area contributed by atoms with E-state index in [-0.39, 0.29) is 0 Å². The van der Waals surface area contributed by atoms with Gasteiger partial charge in [0.2, 0.25) is 0 Å². The highest BCUT2D eigenvalue weighted by molar-refractivity contribution is 5.79. The van der Waals surface area contributed by atoms with E-state index in [0.717, 1.165) is 34.8 Å². The second-order valence-corrected chi connectivity index (χ2v) is 6.00. The molecule has 3 aromatic rings. The van der Waals surface area contributed by atoms with Gasteiger partial charge in [-0.05, 0) is 30.7 Å². The molecule has 2 aromatic carbocycles. The molecule has 5 nitrogen and oxygen atoms in total. The summed E-state index contributed by atoms with van der Waals surface area (Å²) in [7, 11) is 3.31. The molecule has 0 saturated heterocycles. The largest absolute Gasteiger partial charge is 0.493 e. The molecule has 0 aliphatic rings. The van der Waals surface area contributed by atoms with Crippen molar-refractivity contribution in [2.45, 2.75) is 32.9 Å². The summed E-state index contributed by atoms with van der Waals surface area (Å²) in [6.45, 7) is 3.87. The predicted molar refractivity (Wildman–Crippen MR) is 102 cm³/mol. The number of imidazole rings is 1. The maximum absolute atomic E-state index is 5.49. The standard InChI is InChI=1S/C20H25N3O2/c1-4-5-11-23-14-22-17-12-16(9-10-18(17)23)21-13-15-7-6-8-19(24-2)20(15)25-3/h6-10,12,14,21H,4-5,11,13H2,1-3H3. The Kier molecular flexibility index (Phi) is 5.43. The molecule has 0 fully saturated rings. The number of hydrogen-bond acceptors (Lipinski definition) is 4. The zero-order valence-electron chi connectivity index (χ0n) is 15.1. The fourth-order valence-electron chi connectivity index (χ4n) is 2.97. The Morgan fingerprint density at radius 2 is 2.00 bits per heavy atom. The number of ether oxygens (including phenoxy) is 2. The van der Waals surface area contributed by atoms with Gasteiger partial charge in [-0.25, -0.2) is 4.98 Å². The molecule has 1 aromatic heterocycles. The quantitative estimate of drug-likeness (QED) is 0.658. The smallest absolute Gasteiger partial charge is 0.165 e. The van der Waals surface area contributed by atoms with Crippen LogP contribution in [0.4, 0.5) is 5.69 Å². The lowest BCUT2D eigenvalue weighted by molar-refractivity contribution is 0.352. The van der Waals surface area contributed by atoms with Crippen LogP contribution in [0.3, 0.4) is 0 Å². The summed E-state index contributed by atoms with van der Waals surface area (Å²) in [5, 5.41) is 3.45. The summed E-state index contributed by atoms with van der Waals surface area (Å²) in [6.07, 6.45) is 4.28. The van der Waals surface area contributed by atoms with Crippen LogP contribution >= 0.6 is 0 Å². The minimum absolute atomic E-state index is 0.655. The molecule has 25 heavy (non-hydrogen) atoms. The first-order valence-electron chi connectivity index (χ1n) is 8.65. The van der Waals surface area contributed by atoms with Crippen LogP contribution in [0.25, 0.3) is 11.0 Å². The third-order valence-electron chi connectivity index (χ3n) is 4.34. The van der Waals surface area contributed by atoms with Gasteiger partial charge >= 0.3 is 0 Å². The molecule has 1 N–H and O–H groups in total. The van der Waals surface area contributed by atoms with Gasteiger partial charge < -0.3 is 19.4 Å². The lowest BCUT2D eigenvalue weighted by atomic mass is 10.1. The van der Waals surface area contributed by atoms with Crippen LogP contribution in [-0.2, 0) is 13.1 Å². The van der Waals surface area contributed by atoms with Crippen molar-refractivity contribution in [1.82, 2.24) is 9.55 Å². The van der Waals surface area contributed by atoms with Gasteiger partial charge in [-0.1, -0.05) is 25.5 Å². The predicted octanol–water partition coefficient (Wildman–Crippen LogP) is 4.47. The summed E-state index contributed by atoms with van der Waals surface area (Å²) in [4.78, 5) is 4.53. The van der Waals surface area contributed by atoms with Crippen molar-refractivity contribution in [2.75, 3.05) is 19.5 Å². The number of unbranched alkanes of at least 4 members (excludes halogenated alkanes) is 1. The number of para-hydroxylation sites is 1. The van der Waals surface area contributed by atoms with Crippen molar-refractivity contribution >= 4 is 16.7 Å². The van der Waals surface area contributed by atoms with Gasteiger partial charge in [0.15, 0.2) is 11.5 Å². The molecule has 0 spiro atoms. The zero-order chi connectivity index (χ0) is 17.6. The highest BCUT2D eigenvalue weighted by Gasteiger charge is 2.09. The highest BCUT2D eigenvalue weighted by atomic mass is 16.5. The van der Waals surface area contributed by atoms with Gasteiger partial charge in [-0.2, -0.15) is 0 Å². The van der Waals surface area contributed by atoms with E-state index >= 15 is 0 Å². The summed E-state index contributed by atoms with van der Waals surface area (Å²) in [6, 6.07) is 12.2. The molecule has 3 rings (SSSR count). The van der Waals surface area contributed by atoms with Gasteiger partial charge in [-0.3, -0.25) is 0 Å². The molecular weight excluding hydrogens is 314 g/mol. The normalized spacial score (nSPS) is 10.8. The number of aromatic nitrogens is 2. The Labute approximate surface area is 148 Å². The SMILES string of the molecule is CCCCn1cnc2cc(NCc3cccc(OC)c3OC)ccc21. The number of hydrogen-bond donors (Lipinski definition) is 1. The van der Waals surface area contributed by atoms with Gasteiger partial charge in [0.05, 0.1) is 31.6 Å². The van der Waals surface area contributed by atoms with Crippen LogP contribution in [0.1, 0.15) is 25.3 Å². The molecule has 0 aliphatic heterocycles. The first-order valence-corrected chi connectivity index (χ1v) is 8.65. The highest BCUT2D eigenvalue weighted by Crippen LogP contribution is 2.31. The van der Waals surface area contributed by atoms with Crippen LogP contribution < -0.4 is 14.8 Å². The number of aryl methyl sites for hydroxylation is 1. The van der Waals surface area contributed by atoms with Crippen LogP contribution in [0.2, 0.25) is 0 Å². The number of anilines is 1. The Balaban J connectivity index is 1.76. The number of rotatable bonds is 8. The van der Waals surface area contributed by atoms with Gasteiger partial charge in [-0.15, -0.1) is 0 Å². The summed E-state index contributed by atoms with van der Waals surface area (Å²) in [5.41, 5.74) is 4.28. The summed E-state index contributed by atoms with van der Waals surface area (Å²) < 4.78 is 13.1. The van der Waals surface area contributed by atoms with E-state index in [0.29, 0.717) is 6.54 Å².